The van der Waals surface area contributed by atoms with Crippen LogP contribution in [0.5, 0.6) is 0 Å². The molecule has 1 unspecified atom stereocenters. The highest BCUT2D eigenvalue weighted by atomic mass is 79.9. The maximum atomic E-state index is 10.9. The number of aliphatic carboxylic acids is 1. The van der Waals surface area contributed by atoms with E-state index < -0.39 is 12.0 Å². The molecule has 1 atom stereocenters. The van der Waals surface area contributed by atoms with Crippen LogP contribution in [0.15, 0.2) is 0 Å². The van der Waals surface area contributed by atoms with Crippen LogP contribution in [0.2, 0.25) is 0 Å². The number of amides is 1. The standard InChI is InChI=1S/C8H14BrNO3/c1-3-4-5-7(8(12)13)10(9)6(2)11/h7H,3-5H2,1-2H3,(H,12,13). The molecule has 0 aromatic carbocycles. The van der Waals surface area contributed by atoms with E-state index in [1.54, 1.807) is 0 Å². The summed E-state index contributed by atoms with van der Waals surface area (Å²) in [7, 11) is 0. The van der Waals surface area contributed by atoms with Gasteiger partial charge in [-0.15, -0.1) is 0 Å². The summed E-state index contributed by atoms with van der Waals surface area (Å²) in [6.07, 6.45) is 2.20. The van der Waals surface area contributed by atoms with Gasteiger partial charge in [-0.2, -0.15) is 0 Å². The van der Waals surface area contributed by atoms with Gasteiger partial charge in [0.25, 0.3) is 0 Å². The summed E-state index contributed by atoms with van der Waals surface area (Å²) < 4.78 is 1.09. The third kappa shape index (κ3) is 4.26. The van der Waals surface area contributed by atoms with Crippen molar-refractivity contribution in [3.05, 3.63) is 0 Å². The van der Waals surface area contributed by atoms with Crippen molar-refractivity contribution in [2.24, 2.45) is 0 Å². The maximum absolute atomic E-state index is 10.9. The average molecular weight is 252 g/mol. The zero-order valence-corrected chi connectivity index (χ0v) is 9.37. The third-order valence-electron chi connectivity index (χ3n) is 1.69. The zero-order valence-electron chi connectivity index (χ0n) is 7.79. The summed E-state index contributed by atoms with van der Waals surface area (Å²) in [6.45, 7) is 3.31. The van der Waals surface area contributed by atoms with Gasteiger partial charge in [-0.25, -0.2) is 4.79 Å². The van der Waals surface area contributed by atoms with Gasteiger partial charge in [-0.1, -0.05) is 19.8 Å². The zero-order chi connectivity index (χ0) is 10.4. The van der Waals surface area contributed by atoms with Gasteiger partial charge < -0.3 is 5.11 Å². The molecule has 0 aromatic rings. The second-order valence-electron chi connectivity index (χ2n) is 2.83. The Morgan fingerprint density at radius 1 is 1.54 bits per heavy atom. The molecule has 0 rings (SSSR count). The Morgan fingerprint density at radius 2 is 2.08 bits per heavy atom. The molecule has 0 aliphatic heterocycles. The Hall–Kier alpha value is -0.580. The minimum Gasteiger partial charge on any atom is -0.480 e. The second kappa shape index (κ2) is 5.96. The fraction of sp³-hybridized carbons (Fsp3) is 0.750. The number of carbonyl (C=O) groups excluding carboxylic acids is 1. The molecule has 0 aromatic heterocycles. The summed E-state index contributed by atoms with van der Waals surface area (Å²) in [6, 6.07) is -0.752. The summed E-state index contributed by atoms with van der Waals surface area (Å²) in [5, 5.41) is 8.80. The van der Waals surface area contributed by atoms with Gasteiger partial charge in [0, 0.05) is 6.92 Å². The number of hydrogen-bond acceptors (Lipinski definition) is 2. The van der Waals surface area contributed by atoms with Crippen LogP contribution in [0, 0.1) is 0 Å². The lowest BCUT2D eigenvalue weighted by molar-refractivity contribution is -0.145. The van der Waals surface area contributed by atoms with E-state index in [2.05, 4.69) is 16.1 Å². The van der Waals surface area contributed by atoms with Crippen LogP contribution in [0.3, 0.4) is 0 Å². The quantitative estimate of drug-likeness (QED) is 0.759. The van der Waals surface area contributed by atoms with Crippen molar-refractivity contribution in [1.29, 1.82) is 0 Å². The van der Waals surface area contributed by atoms with Crippen molar-refractivity contribution in [3.63, 3.8) is 0 Å². The van der Waals surface area contributed by atoms with E-state index >= 15 is 0 Å². The molecule has 1 N–H and O–H groups in total. The number of halogens is 1. The van der Waals surface area contributed by atoms with Gasteiger partial charge in [0.1, 0.15) is 6.04 Å². The van der Waals surface area contributed by atoms with Crippen LogP contribution in [-0.2, 0) is 9.59 Å². The van der Waals surface area contributed by atoms with E-state index in [4.69, 9.17) is 5.11 Å². The van der Waals surface area contributed by atoms with Crippen molar-refractivity contribution < 1.29 is 14.7 Å². The normalized spacial score (nSPS) is 12.2. The lowest BCUT2D eigenvalue weighted by Crippen LogP contribution is -2.37. The molecule has 0 saturated heterocycles. The van der Waals surface area contributed by atoms with Gasteiger partial charge in [0.15, 0.2) is 0 Å². The predicted octanol–water partition coefficient (Wildman–Crippen LogP) is 1.79. The van der Waals surface area contributed by atoms with Gasteiger partial charge in [0.2, 0.25) is 5.91 Å². The number of rotatable bonds is 5. The number of carbonyl (C=O) groups is 2. The van der Waals surface area contributed by atoms with E-state index in [0.717, 1.165) is 16.8 Å². The van der Waals surface area contributed by atoms with Crippen LogP contribution in [0.4, 0.5) is 0 Å². The summed E-state index contributed by atoms with van der Waals surface area (Å²) in [5.74, 6) is -1.26. The molecule has 1 amide bonds. The van der Waals surface area contributed by atoms with Crippen molar-refractivity contribution in [2.45, 2.75) is 39.2 Å². The van der Waals surface area contributed by atoms with Crippen LogP contribution in [-0.4, -0.2) is 27.0 Å². The van der Waals surface area contributed by atoms with Gasteiger partial charge in [0.05, 0.1) is 16.1 Å². The number of nitrogens with zero attached hydrogens (tertiary/aromatic N) is 1. The van der Waals surface area contributed by atoms with E-state index in [9.17, 15) is 9.59 Å². The fourth-order valence-corrected chi connectivity index (χ4v) is 1.33. The lowest BCUT2D eigenvalue weighted by atomic mass is 10.1. The van der Waals surface area contributed by atoms with E-state index in [1.807, 2.05) is 6.92 Å². The molecule has 0 radical (unpaired) electrons. The SMILES string of the molecule is CCCCC(C(=O)O)N(Br)C(C)=O. The fourth-order valence-electron chi connectivity index (χ4n) is 0.951. The first-order valence-electron chi connectivity index (χ1n) is 4.19. The number of carboxylic acid groups (broad SMARTS) is 1. The van der Waals surface area contributed by atoms with Crippen molar-refractivity contribution in [1.82, 2.24) is 3.93 Å². The minimum atomic E-state index is -0.972. The minimum absolute atomic E-state index is 0.288. The second-order valence-corrected chi connectivity index (χ2v) is 3.59. The summed E-state index contributed by atoms with van der Waals surface area (Å²) >= 11 is 2.94. The molecule has 5 heteroatoms. The highest BCUT2D eigenvalue weighted by Crippen LogP contribution is 2.13. The maximum Gasteiger partial charge on any atom is 0.327 e. The number of carboxylic acids is 1. The number of unbranched alkanes of at least 4 members (excludes halogenated alkanes) is 1. The van der Waals surface area contributed by atoms with Crippen molar-refractivity contribution in [2.75, 3.05) is 0 Å². The molecule has 0 heterocycles. The highest BCUT2D eigenvalue weighted by molar-refractivity contribution is 9.07. The Bertz CT molecular complexity index is 196. The van der Waals surface area contributed by atoms with Crippen LogP contribution < -0.4 is 0 Å². The molecule has 0 bridgehead atoms. The van der Waals surface area contributed by atoms with Crippen LogP contribution in [0.25, 0.3) is 0 Å². The molecule has 4 nitrogen and oxygen atoms in total. The van der Waals surface area contributed by atoms with E-state index in [-0.39, 0.29) is 5.91 Å². The predicted molar refractivity (Wildman–Crippen MR) is 52.4 cm³/mol. The Labute approximate surface area is 86.2 Å². The lowest BCUT2D eigenvalue weighted by Gasteiger charge is -2.20. The molecule has 0 fully saturated rings. The van der Waals surface area contributed by atoms with Crippen LogP contribution in [0.1, 0.15) is 33.1 Å². The molecular formula is C8H14BrNO3. The van der Waals surface area contributed by atoms with E-state index in [1.165, 1.54) is 6.92 Å². The Kier molecular flexibility index (Phi) is 5.70. The van der Waals surface area contributed by atoms with E-state index in [0.29, 0.717) is 6.42 Å². The number of hydrogen-bond donors (Lipinski definition) is 1. The first kappa shape index (κ1) is 12.4. The molecule has 76 valence electrons. The molecule has 0 saturated carbocycles. The average Bonchev–Trinajstić information content (AvgIpc) is 2.04. The van der Waals surface area contributed by atoms with Crippen LogP contribution >= 0.6 is 16.1 Å². The van der Waals surface area contributed by atoms with Gasteiger partial charge in [-0.05, 0) is 6.42 Å². The first-order chi connectivity index (χ1) is 6.00. The van der Waals surface area contributed by atoms with Gasteiger partial charge in [-0.3, -0.25) is 8.72 Å². The highest BCUT2D eigenvalue weighted by Gasteiger charge is 2.25. The smallest absolute Gasteiger partial charge is 0.327 e. The summed E-state index contributed by atoms with van der Waals surface area (Å²) in [5.41, 5.74) is 0. The van der Waals surface area contributed by atoms with Crippen molar-refractivity contribution >= 4 is 28.0 Å². The molecule has 13 heavy (non-hydrogen) atoms. The molecule has 0 spiro atoms. The third-order valence-corrected chi connectivity index (χ3v) is 2.68. The monoisotopic (exact) mass is 251 g/mol. The topological polar surface area (TPSA) is 57.6 Å². The molecule has 0 aliphatic carbocycles. The largest absolute Gasteiger partial charge is 0.480 e. The molecular weight excluding hydrogens is 238 g/mol. The van der Waals surface area contributed by atoms with Crippen molar-refractivity contribution in [3.8, 4) is 0 Å². The summed E-state index contributed by atoms with van der Waals surface area (Å²) in [4.78, 5) is 21.6. The first-order valence-corrected chi connectivity index (χ1v) is 4.90. The molecule has 0 aliphatic rings. The Morgan fingerprint density at radius 3 is 2.38 bits per heavy atom. The van der Waals surface area contributed by atoms with Gasteiger partial charge >= 0.3 is 5.97 Å². The Balaban J connectivity index is 4.24.